The van der Waals surface area contributed by atoms with Crippen molar-refractivity contribution in [2.24, 2.45) is 0 Å². The molecule has 0 aromatic carbocycles. The molecule has 0 aromatic heterocycles. The molecule has 0 aliphatic carbocycles. The summed E-state index contributed by atoms with van der Waals surface area (Å²) < 4.78 is 15.8. The van der Waals surface area contributed by atoms with Gasteiger partial charge < -0.3 is 19.3 Å². The fraction of sp³-hybridized carbons (Fsp3) is 0.700. The van der Waals surface area contributed by atoms with Crippen molar-refractivity contribution in [2.45, 2.75) is 32.8 Å². The Morgan fingerprint density at radius 3 is 2.53 bits per heavy atom. The average molecular weight is 216 g/mol. The minimum Gasteiger partial charge on any atom is -0.478 e. The number of ether oxygens (including phenoxy) is 3. The molecular weight excluding hydrogens is 200 g/mol. The van der Waals surface area contributed by atoms with Gasteiger partial charge in [-0.1, -0.05) is 0 Å². The highest BCUT2D eigenvalue weighted by molar-refractivity contribution is 5.86. The maximum atomic E-state index is 10.7. The van der Waals surface area contributed by atoms with Crippen LogP contribution in [0.1, 0.15) is 20.8 Å². The van der Waals surface area contributed by atoms with E-state index in [2.05, 4.69) is 0 Å². The van der Waals surface area contributed by atoms with Gasteiger partial charge in [-0.3, -0.25) is 0 Å². The van der Waals surface area contributed by atoms with Crippen LogP contribution in [-0.2, 0) is 19.0 Å². The van der Waals surface area contributed by atoms with Gasteiger partial charge >= 0.3 is 5.97 Å². The van der Waals surface area contributed by atoms with E-state index in [1.807, 2.05) is 0 Å². The van der Waals surface area contributed by atoms with Crippen LogP contribution in [0.3, 0.4) is 0 Å². The zero-order chi connectivity index (χ0) is 11.6. The standard InChI is InChI=1S/C10H16O5/c1-6(7(2)9(11)12)8-5-14-10(3,13-4)15-8/h8H,5H2,1-4H3,(H,11,12). The SMILES string of the molecule is COC1(C)OCC(C(C)=C(C)C(=O)O)O1. The third kappa shape index (κ3) is 2.56. The minimum absolute atomic E-state index is 0.281. The summed E-state index contributed by atoms with van der Waals surface area (Å²) in [6.07, 6.45) is -0.356. The summed E-state index contributed by atoms with van der Waals surface area (Å²) in [7, 11) is 1.48. The summed E-state index contributed by atoms with van der Waals surface area (Å²) >= 11 is 0. The first-order chi connectivity index (χ1) is 6.89. The third-order valence-electron chi connectivity index (χ3n) is 2.62. The molecule has 0 spiro atoms. The summed E-state index contributed by atoms with van der Waals surface area (Å²) in [5.41, 5.74) is 0.937. The van der Waals surface area contributed by atoms with E-state index in [1.54, 1.807) is 20.8 Å². The van der Waals surface area contributed by atoms with Gasteiger partial charge in [0.25, 0.3) is 5.97 Å². The number of aliphatic carboxylic acids is 1. The number of methoxy groups -OCH3 is 1. The fourth-order valence-electron chi connectivity index (χ4n) is 1.28. The first-order valence-electron chi connectivity index (χ1n) is 4.67. The monoisotopic (exact) mass is 216 g/mol. The van der Waals surface area contributed by atoms with Crippen LogP contribution in [0.5, 0.6) is 0 Å². The van der Waals surface area contributed by atoms with Crippen molar-refractivity contribution in [3.8, 4) is 0 Å². The number of hydrogen-bond donors (Lipinski definition) is 1. The molecule has 1 N–H and O–H groups in total. The molecule has 0 saturated carbocycles. The van der Waals surface area contributed by atoms with Gasteiger partial charge in [0.05, 0.1) is 6.61 Å². The maximum Gasteiger partial charge on any atom is 0.331 e. The second-order valence-corrected chi connectivity index (χ2v) is 3.60. The molecule has 0 bridgehead atoms. The second-order valence-electron chi connectivity index (χ2n) is 3.60. The lowest BCUT2D eigenvalue weighted by atomic mass is 10.1. The molecular formula is C10H16O5. The van der Waals surface area contributed by atoms with Crippen molar-refractivity contribution < 1.29 is 24.1 Å². The van der Waals surface area contributed by atoms with Crippen LogP contribution >= 0.6 is 0 Å². The average Bonchev–Trinajstić information content (AvgIpc) is 2.59. The van der Waals surface area contributed by atoms with E-state index in [4.69, 9.17) is 19.3 Å². The fourth-order valence-corrected chi connectivity index (χ4v) is 1.28. The van der Waals surface area contributed by atoms with Crippen molar-refractivity contribution in [3.63, 3.8) is 0 Å². The molecule has 1 saturated heterocycles. The van der Waals surface area contributed by atoms with Gasteiger partial charge in [0.15, 0.2) is 0 Å². The van der Waals surface area contributed by atoms with Crippen molar-refractivity contribution in [2.75, 3.05) is 13.7 Å². The van der Waals surface area contributed by atoms with Crippen LogP contribution in [0.2, 0.25) is 0 Å². The predicted molar refractivity (Wildman–Crippen MR) is 52.2 cm³/mol. The number of carboxylic acid groups (broad SMARTS) is 1. The molecule has 2 atom stereocenters. The summed E-state index contributed by atoms with van der Waals surface area (Å²) in [6, 6.07) is 0. The van der Waals surface area contributed by atoms with Gasteiger partial charge in [0.2, 0.25) is 0 Å². The van der Waals surface area contributed by atoms with Gasteiger partial charge in [-0.15, -0.1) is 0 Å². The quantitative estimate of drug-likeness (QED) is 0.717. The van der Waals surface area contributed by atoms with Crippen LogP contribution in [0.4, 0.5) is 0 Å². The normalized spacial score (nSPS) is 32.7. The number of hydrogen-bond acceptors (Lipinski definition) is 4. The first kappa shape index (κ1) is 12.2. The minimum atomic E-state index is -1.06. The Hall–Kier alpha value is -0.910. The lowest BCUT2D eigenvalue weighted by molar-refractivity contribution is -0.311. The first-order valence-corrected chi connectivity index (χ1v) is 4.67. The zero-order valence-corrected chi connectivity index (χ0v) is 9.36. The van der Waals surface area contributed by atoms with Gasteiger partial charge in [-0.25, -0.2) is 4.79 Å². The Bertz CT molecular complexity index is 296. The zero-order valence-electron chi connectivity index (χ0n) is 9.36. The number of carbonyl (C=O) groups is 1. The molecule has 1 heterocycles. The smallest absolute Gasteiger partial charge is 0.331 e. The van der Waals surface area contributed by atoms with Gasteiger partial charge in [0, 0.05) is 19.6 Å². The van der Waals surface area contributed by atoms with Crippen LogP contribution in [-0.4, -0.2) is 36.9 Å². The van der Waals surface area contributed by atoms with E-state index in [-0.39, 0.29) is 11.7 Å². The number of rotatable bonds is 3. The molecule has 86 valence electrons. The highest BCUT2D eigenvalue weighted by Crippen LogP contribution is 2.28. The Morgan fingerprint density at radius 1 is 1.53 bits per heavy atom. The van der Waals surface area contributed by atoms with E-state index in [0.29, 0.717) is 12.2 Å². The summed E-state index contributed by atoms with van der Waals surface area (Å²) in [5.74, 6) is -2.01. The predicted octanol–water partition coefficient (Wildman–Crippen LogP) is 1.14. The Labute approximate surface area is 88.6 Å². The van der Waals surface area contributed by atoms with E-state index >= 15 is 0 Å². The third-order valence-corrected chi connectivity index (χ3v) is 2.62. The van der Waals surface area contributed by atoms with E-state index in [1.165, 1.54) is 7.11 Å². The molecule has 1 aliphatic heterocycles. The van der Waals surface area contributed by atoms with Crippen molar-refractivity contribution in [1.82, 2.24) is 0 Å². The van der Waals surface area contributed by atoms with E-state index in [9.17, 15) is 4.79 Å². The molecule has 0 aromatic rings. The molecule has 5 nitrogen and oxygen atoms in total. The summed E-state index contributed by atoms with van der Waals surface area (Å²) in [6.45, 7) is 5.22. The Kier molecular flexibility index (Phi) is 3.49. The summed E-state index contributed by atoms with van der Waals surface area (Å²) in [5, 5.41) is 8.81. The van der Waals surface area contributed by atoms with E-state index < -0.39 is 11.9 Å². The molecule has 0 amide bonds. The molecule has 0 radical (unpaired) electrons. The molecule has 1 aliphatic rings. The molecule has 1 rings (SSSR count). The van der Waals surface area contributed by atoms with Gasteiger partial charge in [0.1, 0.15) is 6.10 Å². The molecule has 5 heteroatoms. The molecule has 15 heavy (non-hydrogen) atoms. The topological polar surface area (TPSA) is 65.0 Å². The van der Waals surface area contributed by atoms with Crippen LogP contribution in [0.25, 0.3) is 0 Å². The van der Waals surface area contributed by atoms with Gasteiger partial charge in [-0.2, -0.15) is 0 Å². The lowest BCUT2D eigenvalue weighted by Gasteiger charge is -2.21. The number of carboxylic acids is 1. The van der Waals surface area contributed by atoms with Crippen LogP contribution in [0, 0.1) is 0 Å². The van der Waals surface area contributed by atoms with Crippen LogP contribution in [0.15, 0.2) is 11.1 Å². The largest absolute Gasteiger partial charge is 0.478 e. The second kappa shape index (κ2) is 4.30. The van der Waals surface area contributed by atoms with Crippen molar-refractivity contribution in [1.29, 1.82) is 0 Å². The van der Waals surface area contributed by atoms with Gasteiger partial charge in [-0.05, 0) is 19.4 Å². The Balaban J connectivity index is 2.77. The van der Waals surface area contributed by atoms with Crippen molar-refractivity contribution in [3.05, 3.63) is 11.1 Å². The highest BCUT2D eigenvalue weighted by Gasteiger charge is 2.38. The molecule has 1 fully saturated rings. The highest BCUT2D eigenvalue weighted by atomic mass is 16.9. The maximum absolute atomic E-state index is 10.7. The summed E-state index contributed by atoms with van der Waals surface area (Å²) in [4.78, 5) is 10.7. The van der Waals surface area contributed by atoms with E-state index in [0.717, 1.165) is 0 Å². The Morgan fingerprint density at radius 2 is 2.13 bits per heavy atom. The van der Waals surface area contributed by atoms with Crippen LogP contribution < -0.4 is 0 Å². The molecule has 2 unspecified atom stereocenters. The lowest BCUT2D eigenvalue weighted by Crippen LogP contribution is -2.29. The van der Waals surface area contributed by atoms with Crippen molar-refractivity contribution >= 4 is 5.97 Å².